The SMILES string of the molecule is CCc1noc(-c2ccc(CCNCc3ccc(C)o3)cc2)n1. The molecule has 3 rings (SSSR count). The number of hydrogen-bond acceptors (Lipinski definition) is 5. The third-order valence-corrected chi connectivity index (χ3v) is 3.67. The topological polar surface area (TPSA) is 64.1 Å². The molecule has 120 valence electrons. The summed E-state index contributed by atoms with van der Waals surface area (Å²) in [7, 11) is 0. The molecule has 0 bridgehead atoms. The lowest BCUT2D eigenvalue weighted by Crippen LogP contribution is -2.16. The summed E-state index contributed by atoms with van der Waals surface area (Å²) >= 11 is 0. The van der Waals surface area contributed by atoms with Crippen LogP contribution in [0.1, 0.15) is 29.8 Å². The molecular formula is C18H21N3O2. The molecule has 3 aromatic rings. The number of aromatic nitrogens is 2. The van der Waals surface area contributed by atoms with Crippen molar-refractivity contribution in [3.05, 3.63) is 59.3 Å². The molecule has 0 radical (unpaired) electrons. The minimum Gasteiger partial charge on any atom is -0.465 e. The molecule has 2 heterocycles. The zero-order chi connectivity index (χ0) is 16.1. The first kappa shape index (κ1) is 15.5. The minimum absolute atomic E-state index is 0.583. The molecule has 0 fully saturated rings. The first-order chi connectivity index (χ1) is 11.2. The van der Waals surface area contributed by atoms with Crippen LogP contribution in [-0.4, -0.2) is 16.7 Å². The van der Waals surface area contributed by atoms with Crippen LogP contribution in [0.2, 0.25) is 0 Å². The first-order valence-electron chi connectivity index (χ1n) is 7.92. The van der Waals surface area contributed by atoms with Gasteiger partial charge in [0.05, 0.1) is 6.54 Å². The largest absolute Gasteiger partial charge is 0.465 e. The van der Waals surface area contributed by atoms with Gasteiger partial charge in [0, 0.05) is 12.0 Å². The third kappa shape index (κ3) is 4.07. The lowest BCUT2D eigenvalue weighted by atomic mass is 10.1. The predicted molar refractivity (Wildman–Crippen MR) is 88.0 cm³/mol. The average molecular weight is 311 g/mol. The zero-order valence-electron chi connectivity index (χ0n) is 13.5. The van der Waals surface area contributed by atoms with Crippen molar-refractivity contribution in [3.8, 4) is 11.5 Å². The highest BCUT2D eigenvalue weighted by molar-refractivity contribution is 5.53. The number of nitrogens with zero attached hydrogens (tertiary/aromatic N) is 2. The van der Waals surface area contributed by atoms with Crippen molar-refractivity contribution >= 4 is 0 Å². The van der Waals surface area contributed by atoms with Gasteiger partial charge in [0.15, 0.2) is 5.82 Å². The molecule has 5 nitrogen and oxygen atoms in total. The molecule has 0 saturated heterocycles. The van der Waals surface area contributed by atoms with Gasteiger partial charge in [0.25, 0.3) is 5.89 Å². The molecule has 2 aromatic heterocycles. The van der Waals surface area contributed by atoms with Crippen molar-refractivity contribution in [2.24, 2.45) is 0 Å². The number of benzene rings is 1. The second-order valence-electron chi connectivity index (χ2n) is 5.51. The van der Waals surface area contributed by atoms with Gasteiger partial charge in [0.2, 0.25) is 0 Å². The van der Waals surface area contributed by atoms with Gasteiger partial charge in [-0.25, -0.2) is 0 Å². The number of nitrogens with one attached hydrogen (secondary N) is 1. The fourth-order valence-corrected chi connectivity index (χ4v) is 2.35. The quantitative estimate of drug-likeness (QED) is 0.676. The summed E-state index contributed by atoms with van der Waals surface area (Å²) in [5.74, 6) is 3.24. The minimum atomic E-state index is 0.583. The molecule has 0 amide bonds. The van der Waals surface area contributed by atoms with E-state index >= 15 is 0 Å². The van der Waals surface area contributed by atoms with Crippen molar-refractivity contribution in [1.29, 1.82) is 0 Å². The lowest BCUT2D eigenvalue weighted by Gasteiger charge is -2.04. The van der Waals surface area contributed by atoms with Crippen LogP contribution in [-0.2, 0) is 19.4 Å². The van der Waals surface area contributed by atoms with E-state index in [9.17, 15) is 0 Å². The Morgan fingerprint density at radius 2 is 1.91 bits per heavy atom. The summed E-state index contributed by atoms with van der Waals surface area (Å²) in [6.45, 7) is 5.63. The molecule has 0 aliphatic carbocycles. The Morgan fingerprint density at radius 3 is 2.57 bits per heavy atom. The summed E-state index contributed by atoms with van der Waals surface area (Å²) in [4.78, 5) is 4.34. The van der Waals surface area contributed by atoms with Crippen LogP contribution in [0.15, 0.2) is 45.3 Å². The number of aryl methyl sites for hydroxylation is 2. The maximum absolute atomic E-state index is 5.53. The van der Waals surface area contributed by atoms with E-state index in [1.165, 1.54) is 5.56 Å². The van der Waals surface area contributed by atoms with Crippen molar-refractivity contribution in [1.82, 2.24) is 15.5 Å². The molecule has 0 aliphatic heterocycles. The van der Waals surface area contributed by atoms with Gasteiger partial charge in [-0.15, -0.1) is 0 Å². The Bertz CT molecular complexity index is 744. The summed E-state index contributed by atoms with van der Waals surface area (Å²) < 4.78 is 10.8. The molecule has 0 saturated carbocycles. The molecule has 23 heavy (non-hydrogen) atoms. The van der Waals surface area contributed by atoms with E-state index in [2.05, 4.69) is 27.6 Å². The van der Waals surface area contributed by atoms with Crippen LogP contribution in [0.25, 0.3) is 11.5 Å². The molecule has 5 heteroatoms. The number of furan rings is 1. The molecule has 0 unspecified atom stereocenters. The average Bonchev–Trinajstić information content (AvgIpc) is 3.21. The highest BCUT2D eigenvalue weighted by Gasteiger charge is 2.07. The fraction of sp³-hybridized carbons (Fsp3) is 0.333. The Labute approximate surface area is 135 Å². The lowest BCUT2D eigenvalue weighted by molar-refractivity contribution is 0.423. The summed E-state index contributed by atoms with van der Waals surface area (Å²) in [5.41, 5.74) is 2.23. The zero-order valence-corrected chi connectivity index (χ0v) is 13.5. The Balaban J connectivity index is 1.49. The van der Waals surface area contributed by atoms with E-state index in [1.54, 1.807) is 0 Å². The Kier molecular flexibility index (Phi) is 4.88. The van der Waals surface area contributed by atoms with Gasteiger partial charge in [-0.1, -0.05) is 24.2 Å². The molecule has 0 atom stereocenters. The first-order valence-corrected chi connectivity index (χ1v) is 7.92. The van der Waals surface area contributed by atoms with Crippen molar-refractivity contribution in [3.63, 3.8) is 0 Å². The normalized spacial score (nSPS) is 11.0. The molecular weight excluding hydrogens is 290 g/mol. The highest BCUT2D eigenvalue weighted by atomic mass is 16.5. The standard InChI is InChI=1S/C18H21N3O2/c1-3-17-20-18(23-21-17)15-7-5-14(6-8-15)10-11-19-12-16-9-4-13(2)22-16/h4-9,19H,3,10-12H2,1-2H3. The van der Waals surface area contributed by atoms with E-state index in [-0.39, 0.29) is 0 Å². The number of rotatable bonds is 7. The maximum atomic E-state index is 5.53. The van der Waals surface area contributed by atoms with Gasteiger partial charge in [-0.2, -0.15) is 4.98 Å². The van der Waals surface area contributed by atoms with Crippen molar-refractivity contribution in [2.45, 2.75) is 33.2 Å². The van der Waals surface area contributed by atoms with Gasteiger partial charge in [-0.3, -0.25) is 0 Å². The van der Waals surface area contributed by atoms with Crippen molar-refractivity contribution in [2.75, 3.05) is 6.54 Å². The molecule has 1 N–H and O–H groups in total. The van der Waals surface area contributed by atoms with E-state index in [0.717, 1.165) is 48.8 Å². The molecule has 0 spiro atoms. The maximum Gasteiger partial charge on any atom is 0.257 e. The second-order valence-corrected chi connectivity index (χ2v) is 5.51. The van der Waals surface area contributed by atoms with Crippen LogP contribution >= 0.6 is 0 Å². The van der Waals surface area contributed by atoms with E-state index in [4.69, 9.17) is 8.94 Å². The van der Waals surface area contributed by atoms with E-state index < -0.39 is 0 Å². The van der Waals surface area contributed by atoms with Gasteiger partial charge in [0.1, 0.15) is 11.5 Å². The summed E-state index contributed by atoms with van der Waals surface area (Å²) in [5, 5.41) is 7.31. The highest BCUT2D eigenvalue weighted by Crippen LogP contribution is 2.18. The second kappa shape index (κ2) is 7.24. The van der Waals surface area contributed by atoms with Crippen LogP contribution < -0.4 is 5.32 Å². The third-order valence-electron chi connectivity index (χ3n) is 3.67. The molecule has 1 aromatic carbocycles. The summed E-state index contributed by atoms with van der Waals surface area (Å²) in [6, 6.07) is 12.2. The van der Waals surface area contributed by atoms with Gasteiger partial charge in [-0.05, 0) is 49.7 Å². The van der Waals surface area contributed by atoms with E-state index in [1.807, 2.05) is 38.1 Å². The van der Waals surface area contributed by atoms with E-state index in [0.29, 0.717) is 5.89 Å². The fourth-order valence-electron chi connectivity index (χ4n) is 2.35. The van der Waals surface area contributed by atoms with Crippen LogP contribution in [0, 0.1) is 6.92 Å². The van der Waals surface area contributed by atoms with Gasteiger partial charge < -0.3 is 14.3 Å². The smallest absolute Gasteiger partial charge is 0.257 e. The summed E-state index contributed by atoms with van der Waals surface area (Å²) in [6.07, 6.45) is 1.74. The van der Waals surface area contributed by atoms with Gasteiger partial charge >= 0.3 is 0 Å². The number of hydrogen-bond donors (Lipinski definition) is 1. The Morgan fingerprint density at radius 1 is 1.09 bits per heavy atom. The Hall–Kier alpha value is -2.40. The van der Waals surface area contributed by atoms with Crippen LogP contribution in [0.5, 0.6) is 0 Å². The van der Waals surface area contributed by atoms with Crippen molar-refractivity contribution < 1.29 is 8.94 Å². The predicted octanol–water partition coefficient (Wildman–Crippen LogP) is 3.53. The molecule has 0 aliphatic rings. The monoisotopic (exact) mass is 311 g/mol. The van der Waals surface area contributed by atoms with Crippen LogP contribution in [0.3, 0.4) is 0 Å². The van der Waals surface area contributed by atoms with Crippen LogP contribution in [0.4, 0.5) is 0 Å².